The van der Waals surface area contributed by atoms with Crippen LogP contribution in [-0.2, 0) is 17.8 Å². The summed E-state index contributed by atoms with van der Waals surface area (Å²) in [5.41, 5.74) is 0.159. The molecule has 7 heteroatoms. The van der Waals surface area contributed by atoms with Crippen LogP contribution in [-0.4, -0.2) is 36.3 Å². The highest BCUT2D eigenvalue weighted by atomic mass is 16.4. The van der Waals surface area contributed by atoms with E-state index in [2.05, 4.69) is 20.5 Å². The third-order valence-corrected chi connectivity index (χ3v) is 3.51. The first kappa shape index (κ1) is 14.1. The molecule has 1 N–H and O–H groups in total. The van der Waals surface area contributed by atoms with Crippen LogP contribution in [0.2, 0.25) is 0 Å². The molecule has 1 unspecified atom stereocenters. The molecule has 0 aliphatic rings. The number of hydrogen-bond donors (Lipinski definition) is 1. The van der Waals surface area contributed by atoms with Crippen LogP contribution in [0.3, 0.4) is 0 Å². The molecule has 0 aliphatic heterocycles. The van der Waals surface area contributed by atoms with Gasteiger partial charge in [0.05, 0.1) is 12.0 Å². The van der Waals surface area contributed by atoms with E-state index in [1.165, 1.54) is 0 Å². The molecule has 0 aromatic carbocycles. The number of carboxylic acids is 1. The number of nitrogens with zero attached hydrogens (tertiary/aromatic N) is 5. The van der Waals surface area contributed by atoms with Crippen molar-refractivity contribution in [3.8, 4) is 0 Å². The van der Waals surface area contributed by atoms with Crippen molar-refractivity contribution in [3.05, 3.63) is 35.9 Å². The van der Waals surface area contributed by atoms with Gasteiger partial charge in [-0.1, -0.05) is 6.92 Å². The molecule has 2 aromatic rings. The van der Waals surface area contributed by atoms with Gasteiger partial charge in [-0.2, -0.15) is 0 Å². The highest BCUT2D eigenvalue weighted by Gasteiger charge is 2.33. The van der Waals surface area contributed by atoms with Crippen molar-refractivity contribution >= 4 is 5.97 Å². The van der Waals surface area contributed by atoms with E-state index in [0.29, 0.717) is 18.7 Å². The van der Waals surface area contributed by atoms with Crippen molar-refractivity contribution in [3.63, 3.8) is 0 Å². The number of carbonyl (C=O) groups is 1. The van der Waals surface area contributed by atoms with E-state index < -0.39 is 11.4 Å². The molecule has 7 nitrogen and oxygen atoms in total. The first-order valence-corrected chi connectivity index (χ1v) is 6.42. The van der Waals surface area contributed by atoms with Crippen molar-refractivity contribution in [2.75, 3.05) is 0 Å². The first-order valence-electron chi connectivity index (χ1n) is 6.42. The SMILES string of the molecule is CCC(C)(Cn1nnnc1Cc1ccncc1)C(=O)O. The van der Waals surface area contributed by atoms with Gasteiger partial charge < -0.3 is 5.11 Å². The molecule has 2 aromatic heterocycles. The van der Waals surface area contributed by atoms with Crippen LogP contribution in [0.1, 0.15) is 31.7 Å². The van der Waals surface area contributed by atoms with Gasteiger partial charge in [0.2, 0.25) is 0 Å². The van der Waals surface area contributed by atoms with Gasteiger partial charge >= 0.3 is 5.97 Å². The van der Waals surface area contributed by atoms with E-state index in [4.69, 9.17) is 0 Å². The first-order chi connectivity index (χ1) is 9.55. The summed E-state index contributed by atoms with van der Waals surface area (Å²) in [4.78, 5) is 15.3. The highest BCUT2D eigenvalue weighted by Crippen LogP contribution is 2.24. The maximum absolute atomic E-state index is 11.4. The molecule has 106 valence electrons. The molecule has 0 aliphatic carbocycles. The summed E-state index contributed by atoms with van der Waals surface area (Å²) in [7, 11) is 0. The van der Waals surface area contributed by atoms with Crippen molar-refractivity contribution < 1.29 is 9.90 Å². The number of hydrogen-bond acceptors (Lipinski definition) is 5. The summed E-state index contributed by atoms with van der Waals surface area (Å²) in [6.45, 7) is 3.81. The molecule has 0 radical (unpaired) electrons. The molecule has 2 heterocycles. The third kappa shape index (κ3) is 2.98. The average Bonchev–Trinajstić information content (AvgIpc) is 2.86. The van der Waals surface area contributed by atoms with Crippen LogP contribution in [0.25, 0.3) is 0 Å². The number of pyridine rings is 1. The maximum Gasteiger partial charge on any atom is 0.311 e. The Balaban J connectivity index is 2.19. The molecule has 0 saturated heterocycles. The number of aromatic nitrogens is 5. The lowest BCUT2D eigenvalue weighted by atomic mass is 9.88. The summed E-state index contributed by atoms with van der Waals surface area (Å²) in [6, 6.07) is 3.77. The quantitative estimate of drug-likeness (QED) is 0.850. The maximum atomic E-state index is 11.4. The molecular formula is C13H17N5O2. The second kappa shape index (κ2) is 5.77. The molecule has 1 atom stereocenters. The normalized spacial score (nSPS) is 13.9. The Labute approximate surface area is 116 Å². The van der Waals surface area contributed by atoms with Crippen molar-refractivity contribution in [1.29, 1.82) is 0 Å². The minimum Gasteiger partial charge on any atom is -0.481 e. The van der Waals surface area contributed by atoms with Crippen LogP contribution < -0.4 is 0 Å². The molecule has 0 spiro atoms. The Bertz CT molecular complexity index is 583. The lowest BCUT2D eigenvalue weighted by Gasteiger charge is -2.22. The predicted molar refractivity (Wildman–Crippen MR) is 70.9 cm³/mol. The molecule has 0 amide bonds. The zero-order valence-corrected chi connectivity index (χ0v) is 11.5. The Morgan fingerprint density at radius 1 is 1.40 bits per heavy atom. The van der Waals surface area contributed by atoms with Gasteiger partial charge in [0.15, 0.2) is 5.82 Å². The van der Waals surface area contributed by atoms with Gasteiger partial charge in [0.1, 0.15) is 0 Å². The number of tetrazole rings is 1. The van der Waals surface area contributed by atoms with Gasteiger partial charge in [-0.25, -0.2) is 4.68 Å². The van der Waals surface area contributed by atoms with Gasteiger partial charge in [0.25, 0.3) is 0 Å². The fourth-order valence-corrected chi connectivity index (χ4v) is 1.82. The summed E-state index contributed by atoms with van der Waals surface area (Å²) >= 11 is 0. The van der Waals surface area contributed by atoms with E-state index >= 15 is 0 Å². The van der Waals surface area contributed by atoms with Gasteiger partial charge in [-0.15, -0.1) is 5.10 Å². The standard InChI is InChI=1S/C13H17N5O2/c1-3-13(2,12(19)20)9-18-11(15-16-17-18)8-10-4-6-14-7-5-10/h4-7H,3,8-9H2,1-2H3,(H,19,20). The largest absolute Gasteiger partial charge is 0.481 e. The van der Waals surface area contributed by atoms with Crippen molar-refractivity contribution in [2.45, 2.75) is 33.2 Å². The van der Waals surface area contributed by atoms with Gasteiger partial charge in [-0.05, 0) is 41.5 Å². The zero-order valence-electron chi connectivity index (χ0n) is 11.5. The summed E-state index contributed by atoms with van der Waals surface area (Å²) in [5, 5.41) is 20.9. The van der Waals surface area contributed by atoms with E-state index in [0.717, 1.165) is 5.56 Å². The highest BCUT2D eigenvalue weighted by molar-refractivity contribution is 5.73. The summed E-state index contributed by atoms with van der Waals surface area (Å²) in [6.07, 6.45) is 4.47. The van der Waals surface area contributed by atoms with Crippen LogP contribution in [0, 0.1) is 5.41 Å². The Morgan fingerprint density at radius 3 is 2.70 bits per heavy atom. The second-order valence-electron chi connectivity index (χ2n) is 5.00. The fraction of sp³-hybridized carbons (Fsp3) is 0.462. The molecule has 20 heavy (non-hydrogen) atoms. The minimum absolute atomic E-state index is 0.256. The van der Waals surface area contributed by atoms with Crippen LogP contribution in [0.4, 0.5) is 0 Å². The van der Waals surface area contributed by atoms with Gasteiger partial charge in [-0.3, -0.25) is 9.78 Å². The predicted octanol–water partition coefficient (Wildman–Crippen LogP) is 1.16. The Kier molecular flexibility index (Phi) is 4.07. The van der Waals surface area contributed by atoms with E-state index in [1.54, 1.807) is 24.0 Å². The van der Waals surface area contributed by atoms with Crippen molar-refractivity contribution in [1.82, 2.24) is 25.2 Å². The van der Waals surface area contributed by atoms with Gasteiger partial charge in [0, 0.05) is 18.8 Å². The van der Waals surface area contributed by atoms with E-state index in [1.807, 2.05) is 19.1 Å². The molecule has 0 bridgehead atoms. The third-order valence-electron chi connectivity index (χ3n) is 3.51. The monoisotopic (exact) mass is 275 g/mol. The minimum atomic E-state index is -0.873. The Hall–Kier alpha value is -2.31. The lowest BCUT2D eigenvalue weighted by Crippen LogP contribution is -2.33. The molecule has 0 fully saturated rings. The molecule has 0 saturated carbocycles. The second-order valence-corrected chi connectivity index (χ2v) is 5.00. The lowest BCUT2D eigenvalue weighted by molar-refractivity contribution is -0.149. The number of carboxylic acid groups (broad SMARTS) is 1. The Morgan fingerprint density at radius 2 is 2.10 bits per heavy atom. The number of rotatable bonds is 6. The van der Waals surface area contributed by atoms with E-state index in [-0.39, 0.29) is 6.54 Å². The smallest absolute Gasteiger partial charge is 0.311 e. The number of aliphatic carboxylic acids is 1. The topological polar surface area (TPSA) is 93.8 Å². The summed E-state index contributed by atoms with van der Waals surface area (Å²) in [5.74, 6) is -0.192. The molecular weight excluding hydrogens is 258 g/mol. The van der Waals surface area contributed by atoms with Crippen LogP contribution in [0.15, 0.2) is 24.5 Å². The van der Waals surface area contributed by atoms with Crippen molar-refractivity contribution in [2.24, 2.45) is 5.41 Å². The zero-order chi connectivity index (χ0) is 14.6. The molecule has 2 rings (SSSR count). The van der Waals surface area contributed by atoms with Crippen LogP contribution in [0.5, 0.6) is 0 Å². The summed E-state index contributed by atoms with van der Waals surface area (Å²) < 4.78 is 1.57. The van der Waals surface area contributed by atoms with Crippen LogP contribution >= 0.6 is 0 Å². The fourth-order valence-electron chi connectivity index (χ4n) is 1.82. The average molecular weight is 275 g/mol. The van der Waals surface area contributed by atoms with E-state index in [9.17, 15) is 9.90 Å².